The summed E-state index contributed by atoms with van der Waals surface area (Å²) in [5, 5.41) is 3.63. The van der Waals surface area contributed by atoms with Gasteiger partial charge in [0, 0.05) is 7.05 Å². The van der Waals surface area contributed by atoms with Crippen molar-refractivity contribution in [3.63, 3.8) is 0 Å². The highest BCUT2D eigenvalue weighted by molar-refractivity contribution is 7.13. The van der Waals surface area contributed by atoms with Gasteiger partial charge in [0.25, 0.3) is 0 Å². The van der Waals surface area contributed by atoms with Crippen molar-refractivity contribution in [1.82, 2.24) is 9.78 Å². The van der Waals surface area contributed by atoms with Crippen LogP contribution in [-0.4, -0.2) is 22.2 Å². The molecule has 0 N–H and O–H groups in total. The van der Waals surface area contributed by atoms with Gasteiger partial charge in [0.2, 0.25) is 5.13 Å². The summed E-state index contributed by atoms with van der Waals surface area (Å²) in [6.07, 6.45) is 0. The molecule has 5 nitrogen and oxygen atoms in total. The zero-order valence-corrected chi connectivity index (χ0v) is 10.4. The number of halogens is 1. The third-order valence-corrected chi connectivity index (χ3v) is 3.23. The molecular weight excluding hydrogens is 262 g/mol. The van der Waals surface area contributed by atoms with Crippen molar-refractivity contribution < 1.29 is 4.79 Å². The van der Waals surface area contributed by atoms with Gasteiger partial charge in [0.15, 0.2) is 0 Å². The van der Waals surface area contributed by atoms with E-state index in [1.165, 1.54) is 11.7 Å². The standard InChI is InChI=1S/C10H8ClN3O2S/c1-13(8(11)15)9-12-14(10(16)17-9)7-5-3-2-4-6-7/h2-6H,1H3. The Hall–Kier alpha value is -1.66. The van der Waals surface area contributed by atoms with Crippen LogP contribution in [0.2, 0.25) is 0 Å². The van der Waals surface area contributed by atoms with E-state index in [0.29, 0.717) is 5.69 Å². The number of nitrogens with zero attached hydrogens (tertiary/aromatic N) is 3. The molecule has 7 heteroatoms. The summed E-state index contributed by atoms with van der Waals surface area (Å²) in [7, 11) is 1.46. The SMILES string of the molecule is CN(C(=O)Cl)c1nn(-c2ccccc2)c(=O)s1. The Kier molecular flexibility index (Phi) is 3.26. The van der Waals surface area contributed by atoms with Gasteiger partial charge in [-0.3, -0.25) is 14.5 Å². The first-order valence-electron chi connectivity index (χ1n) is 4.68. The third kappa shape index (κ3) is 2.37. The molecule has 1 aromatic carbocycles. The lowest BCUT2D eigenvalue weighted by atomic mass is 10.3. The number of aromatic nitrogens is 2. The molecule has 88 valence electrons. The van der Waals surface area contributed by atoms with E-state index in [4.69, 9.17) is 11.6 Å². The van der Waals surface area contributed by atoms with Crippen molar-refractivity contribution in [2.24, 2.45) is 0 Å². The number of para-hydroxylation sites is 1. The zero-order valence-electron chi connectivity index (χ0n) is 8.83. The van der Waals surface area contributed by atoms with Crippen LogP contribution in [0.25, 0.3) is 5.69 Å². The number of carbonyl (C=O) groups is 1. The van der Waals surface area contributed by atoms with E-state index in [1.807, 2.05) is 6.07 Å². The van der Waals surface area contributed by atoms with E-state index in [1.54, 1.807) is 24.3 Å². The summed E-state index contributed by atoms with van der Waals surface area (Å²) in [5.74, 6) is 0. The molecule has 0 saturated carbocycles. The van der Waals surface area contributed by atoms with E-state index in [9.17, 15) is 9.59 Å². The second kappa shape index (κ2) is 4.68. The maximum atomic E-state index is 11.7. The summed E-state index contributed by atoms with van der Waals surface area (Å²) in [6, 6.07) is 8.96. The van der Waals surface area contributed by atoms with Gasteiger partial charge in [-0.1, -0.05) is 18.2 Å². The lowest BCUT2D eigenvalue weighted by Gasteiger charge is -2.06. The largest absolute Gasteiger partial charge is 0.331 e. The smallest absolute Gasteiger partial charge is 0.276 e. The van der Waals surface area contributed by atoms with E-state index in [-0.39, 0.29) is 10.0 Å². The average Bonchev–Trinajstić information content (AvgIpc) is 2.71. The Labute approximate surface area is 106 Å². The second-order valence-corrected chi connectivity index (χ2v) is 4.45. The van der Waals surface area contributed by atoms with E-state index in [2.05, 4.69) is 5.10 Å². The monoisotopic (exact) mass is 269 g/mol. The number of amides is 1. The van der Waals surface area contributed by atoms with Crippen LogP contribution in [0.3, 0.4) is 0 Å². The molecule has 0 aliphatic carbocycles. The minimum absolute atomic E-state index is 0.263. The molecule has 0 aliphatic rings. The number of rotatable bonds is 2. The van der Waals surface area contributed by atoms with Gasteiger partial charge in [-0.05, 0) is 35.1 Å². The molecule has 0 saturated heterocycles. The Morgan fingerprint density at radius 1 is 1.41 bits per heavy atom. The van der Waals surface area contributed by atoms with Gasteiger partial charge in [-0.2, -0.15) is 4.68 Å². The number of carbonyl (C=O) groups excluding carboxylic acids is 1. The summed E-state index contributed by atoms with van der Waals surface area (Å²) in [4.78, 5) is 23.5. The summed E-state index contributed by atoms with van der Waals surface area (Å²) in [5.41, 5.74) is 0.649. The van der Waals surface area contributed by atoms with Crippen molar-refractivity contribution in [2.75, 3.05) is 11.9 Å². The fourth-order valence-corrected chi connectivity index (χ4v) is 2.07. The number of benzene rings is 1. The van der Waals surface area contributed by atoms with Crippen molar-refractivity contribution >= 4 is 33.4 Å². The zero-order chi connectivity index (χ0) is 12.4. The van der Waals surface area contributed by atoms with Crippen LogP contribution in [-0.2, 0) is 0 Å². The highest BCUT2D eigenvalue weighted by Gasteiger charge is 2.15. The van der Waals surface area contributed by atoms with Gasteiger partial charge >= 0.3 is 10.2 Å². The van der Waals surface area contributed by atoms with E-state index >= 15 is 0 Å². The number of hydrogen-bond donors (Lipinski definition) is 0. The van der Waals surface area contributed by atoms with Gasteiger partial charge in [0.05, 0.1) is 5.69 Å². The van der Waals surface area contributed by atoms with Gasteiger partial charge in [0.1, 0.15) is 0 Å². The normalized spacial score (nSPS) is 10.2. The Balaban J connectivity index is 2.45. The van der Waals surface area contributed by atoms with E-state index < -0.39 is 5.37 Å². The molecule has 1 aromatic heterocycles. The Bertz CT molecular complexity index is 593. The third-order valence-electron chi connectivity index (χ3n) is 2.09. The van der Waals surface area contributed by atoms with Crippen LogP contribution in [0, 0.1) is 0 Å². The Morgan fingerprint density at radius 2 is 2.06 bits per heavy atom. The van der Waals surface area contributed by atoms with Crippen LogP contribution in [0.1, 0.15) is 0 Å². The summed E-state index contributed by atoms with van der Waals surface area (Å²) >= 11 is 6.18. The van der Waals surface area contributed by atoms with Gasteiger partial charge in [-0.25, -0.2) is 0 Å². The van der Waals surface area contributed by atoms with Crippen molar-refractivity contribution in [3.05, 3.63) is 40.0 Å². The Morgan fingerprint density at radius 3 is 2.65 bits per heavy atom. The predicted octanol–water partition coefficient (Wildman–Crippen LogP) is 2.09. The molecule has 0 atom stereocenters. The maximum absolute atomic E-state index is 11.7. The molecule has 0 aliphatic heterocycles. The molecule has 2 rings (SSSR count). The van der Waals surface area contributed by atoms with Gasteiger partial charge < -0.3 is 0 Å². The molecule has 1 heterocycles. The van der Waals surface area contributed by atoms with Gasteiger partial charge in [-0.15, -0.1) is 5.10 Å². The molecule has 0 unspecified atom stereocenters. The number of hydrogen-bond acceptors (Lipinski definition) is 4. The predicted molar refractivity (Wildman–Crippen MR) is 67.4 cm³/mol. The highest BCUT2D eigenvalue weighted by atomic mass is 35.5. The lowest BCUT2D eigenvalue weighted by Crippen LogP contribution is -2.19. The van der Waals surface area contributed by atoms with E-state index in [0.717, 1.165) is 16.2 Å². The molecule has 0 radical (unpaired) electrons. The summed E-state index contributed by atoms with van der Waals surface area (Å²) < 4.78 is 1.23. The van der Waals surface area contributed by atoms with Crippen LogP contribution < -0.4 is 9.77 Å². The quantitative estimate of drug-likeness (QED) is 0.620. The molecule has 2 aromatic rings. The average molecular weight is 270 g/mol. The topological polar surface area (TPSA) is 55.2 Å². The minimum Gasteiger partial charge on any atom is -0.276 e. The van der Waals surface area contributed by atoms with Crippen molar-refractivity contribution in [3.8, 4) is 5.69 Å². The number of anilines is 1. The van der Waals surface area contributed by atoms with Crippen molar-refractivity contribution in [2.45, 2.75) is 0 Å². The molecule has 1 amide bonds. The maximum Gasteiger partial charge on any atom is 0.331 e. The minimum atomic E-state index is -0.682. The van der Waals surface area contributed by atoms with Crippen LogP contribution in [0.15, 0.2) is 35.1 Å². The van der Waals surface area contributed by atoms with Crippen LogP contribution in [0.4, 0.5) is 9.93 Å². The molecule has 0 fully saturated rings. The molecular formula is C10H8ClN3O2S. The van der Waals surface area contributed by atoms with Crippen LogP contribution >= 0.6 is 22.9 Å². The summed E-state index contributed by atoms with van der Waals surface area (Å²) in [6.45, 7) is 0. The fraction of sp³-hybridized carbons (Fsp3) is 0.100. The molecule has 0 bridgehead atoms. The molecule has 17 heavy (non-hydrogen) atoms. The highest BCUT2D eigenvalue weighted by Crippen LogP contribution is 2.15. The molecule has 0 spiro atoms. The van der Waals surface area contributed by atoms with Crippen molar-refractivity contribution in [1.29, 1.82) is 0 Å². The fourth-order valence-electron chi connectivity index (χ4n) is 1.21. The lowest BCUT2D eigenvalue weighted by molar-refractivity contribution is 0.265. The van der Waals surface area contributed by atoms with Crippen LogP contribution in [0.5, 0.6) is 0 Å². The second-order valence-electron chi connectivity index (χ2n) is 3.21. The first-order valence-corrected chi connectivity index (χ1v) is 5.88. The first-order chi connectivity index (χ1) is 8.09. The first kappa shape index (κ1) is 11.8.